The summed E-state index contributed by atoms with van der Waals surface area (Å²) in [5.41, 5.74) is -0.123. The van der Waals surface area contributed by atoms with E-state index in [0.29, 0.717) is 32.0 Å². The Kier molecular flexibility index (Phi) is 6.06. The number of sulfonamides is 1. The monoisotopic (exact) mass is 489 g/mol. The highest BCUT2D eigenvalue weighted by Gasteiger charge is 2.38. The van der Waals surface area contributed by atoms with Crippen molar-refractivity contribution in [3.63, 3.8) is 0 Å². The van der Waals surface area contributed by atoms with E-state index < -0.39 is 31.7 Å². The molecule has 4 rings (SSSR count). The molecule has 0 saturated carbocycles. The number of alkyl halides is 3. The van der Waals surface area contributed by atoms with Crippen LogP contribution in [0.25, 0.3) is 0 Å². The standard InChI is InChI=1S/C21H23ClF3N3O3S/c1-14-19-3-2-8-26(19)11-12-28(14)20(29)15-6-9-27(10-7-15)32(30,31)16-4-5-18(22)17(13-16)21(23,24)25/h2-5,8,13-15H,6-7,9-12H2,1H3. The molecule has 2 aliphatic rings. The van der Waals surface area contributed by atoms with Crippen LogP contribution < -0.4 is 0 Å². The van der Waals surface area contributed by atoms with Crippen molar-refractivity contribution in [1.29, 1.82) is 0 Å². The second-order valence-electron chi connectivity index (χ2n) is 8.15. The summed E-state index contributed by atoms with van der Waals surface area (Å²) in [5, 5.41) is -0.553. The van der Waals surface area contributed by atoms with Crippen LogP contribution in [0.2, 0.25) is 5.02 Å². The first-order valence-electron chi connectivity index (χ1n) is 10.3. The van der Waals surface area contributed by atoms with Crippen LogP contribution >= 0.6 is 11.6 Å². The van der Waals surface area contributed by atoms with Crippen LogP contribution in [-0.4, -0.2) is 47.7 Å². The van der Waals surface area contributed by atoms with E-state index in [1.54, 1.807) is 0 Å². The number of aromatic nitrogens is 1. The molecule has 3 heterocycles. The second-order valence-corrected chi connectivity index (χ2v) is 10.5. The average molecular weight is 490 g/mol. The molecule has 174 valence electrons. The van der Waals surface area contributed by atoms with Crippen molar-refractivity contribution in [2.24, 2.45) is 5.92 Å². The van der Waals surface area contributed by atoms with Crippen molar-refractivity contribution in [1.82, 2.24) is 13.8 Å². The molecule has 1 atom stereocenters. The Morgan fingerprint density at radius 2 is 1.78 bits per heavy atom. The fourth-order valence-electron chi connectivity index (χ4n) is 4.49. The van der Waals surface area contributed by atoms with Gasteiger partial charge in [0, 0.05) is 44.0 Å². The Morgan fingerprint density at radius 3 is 2.44 bits per heavy atom. The molecule has 1 amide bonds. The van der Waals surface area contributed by atoms with Crippen LogP contribution in [0, 0.1) is 5.92 Å². The largest absolute Gasteiger partial charge is 0.417 e. The lowest BCUT2D eigenvalue weighted by molar-refractivity contribution is -0.140. The molecule has 1 aromatic carbocycles. The molecule has 2 aliphatic heterocycles. The van der Waals surface area contributed by atoms with E-state index in [2.05, 4.69) is 4.57 Å². The van der Waals surface area contributed by atoms with E-state index in [9.17, 15) is 26.4 Å². The van der Waals surface area contributed by atoms with Crippen molar-refractivity contribution in [2.75, 3.05) is 19.6 Å². The number of benzene rings is 1. The van der Waals surface area contributed by atoms with Gasteiger partial charge in [-0.1, -0.05) is 11.6 Å². The predicted molar refractivity (Wildman–Crippen MR) is 112 cm³/mol. The van der Waals surface area contributed by atoms with E-state index in [0.717, 1.165) is 22.1 Å². The van der Waals surface area contributed by atoms with E-state index in [-0.39, 0.29) is 31.0 Å². The highest BCUT2D eigenvalue weighted by Crippen LogP contribution is 2.37. The van der Waals surface area contributed by atoms with E-state index >= 15 is 0 Å². The molecule has 0 radical (unpaired) electrons. The highest BCUT2D eigenvalue weighted by atomic mass is 35.5. The summed E-state index contributed by atoms with van der Waals surface area (Å²) < 4.78 is 68.6. The number of amides is 1. The summed E-state index contributed by atoms with van der Waals surface area (Å²) in [5.74, 6) is -0.325. The lowest BCUT2D eigenvalue weighted by Gasteiger charge is -2.39. The third kappa shape index (κ3) is 4.15. The maximum absolute atomic E-state index is 13.1. The zero-order valence-electron chi connectivity index (χ0n) is 17.3. The number of carbonyl (C=O) groups excluding carboxylic acids is 1. The molecule has 0 bridgehead atoms. The lowest BCUT2D eigenvalue weighted by atomic mass is 9.95. The molecule has 1 aromatic heterocycles. The summed E-state index contributed by atoms with van der Waals surface area (Å²) in [6.45, 7) is 3.42. The average Bonchev–Trinajstić information content (AvgIpc) is 3.23. The molecule has 1 unspecified atom stereocenters. The zero-order chi connectivity index (χ0) is 23.3. The Morgan fingerprint density at radius 1 is 1.09 bits per heavy atom. The Balaban J connectivity index is 1.45. The fraction of sp³-hybridized carbons (Fsp3) is 0.476. The molecular weight excluding hydrogens is 467 g/mol. The van der Waals surface area contributed by atoms with Gasteiger partial charge in [-0.15, -0.1) is 0 Å². The number of fused-ring (bicyclic) bond motifs is 1. The molecule has 32 heavy (non-hydrogen) atoms. The van der Waals surface area contributed by atoms with Crippen LogP contribution in [0.3, 0.4) is 0 Å². The van der Waals surface area contributed by atoms with Gasteiger partial charge in [-0.3, -0.25) is 4.79 Å². The number of piperidine rings is 1. The number of halogens is 4. The number of nitrogens with zero attached hydrogens (tertiary/aromatic N) is 3. The van der Waals surface area contributed by atoms with Crippen molar-refractivity contribution in [2.45, 2.75) is 43.4 Å². The Labute approximate surface area is 189 Å². The molecule has 1 fully saturated rings. The van der Waals surface area contributed by atoms with Crippen LogP contribution in [0.1, 0.15) is 37.1 Å². The van der Waals surface area contributed by atoms with Gasteiger partial charge in [0.05, 0.1) is 21.5 Å². The maximum atomic E-state index is 13.1. The number of hydrogen-bond donors (Lipinski definition) is 0. The second kappa shape index (κ2) is 8.39. The molecular formula is C21H23ClF3N3O3S. The minimum Gasteiger partial charge on any atom is -0.348 e. The smallest absolute Gasteiger partial charge is 0.348 e. The van der Waals surface area contributed by atoms with Gasteiger partial charge in [-0.2, -0.15) is 17.5 Å². The van der Waals surface area contributed by atoms with E-state index in [1.165, 1.54) is 0 Å². The molecule has 0 aliphatic carbocycles. The lowest BCUT2D eigenvalue weighted by Crippen LogP contribution is -2.47. The van der Waals surface area contributed by atoms with Gasteiger partial charge in [-0.25, -0.2) is 8.42 Å². The van der Waals surface area contributed by atoms with Gasteiger partial charge in [0.1, 0.15) is 0 Å². The minimum absolute atomic E-state index is 0.00662. The molecule has 2 aromatic rings. The first-order chi connectivity index (χ1) is 15.0. The molecule has 1 saturated heterocycles. The SMILES string of the molecule is CC1c2cccn2CCN1C(=O)C1CCN(S(=O)(=O)c2ccc(Cl)c(C(F)(F)F)c2)CC1. The first kappa shape index (κ1) is 23.1. The Hall–Kier alpha value is -2.04. The minimum atomic E-state index is -4.76. The van der Waals surface area contributed by atoms with Gasteiger partial charge in [-0.05, 0) is 50.1 Å². The number of carbonyl (C=O) groups is 1. The summed E-state index contributed by atoms with van der Waals surface area (Å²) in [7, 11) is -4.13. The molecule has 0 spiro atoms. The maximum Gasteiger partial charge on any atom is 0.417 e. The molecule has 6 nitrogen and oxygen atoms in total. The third-order valence-corrected chi connectivity index (χ3v) is 8.53. The summed E-state index contributed by atoms with van der Waals surface area (Å²) in [4.78, 5) is 14.5. The summed E-state index contributed by atoms with van der Waals surface area (Å²) in [6.07, 6.45) is -2.13. The third-order valence-electron chi connectivity index (χ3n) is 6.31. The fourth-order valence-corrected chi connectivity index (χ4v) is 6.21. The van der Waals surface area contributed by atoms with Crippen LogP contribution in [-0.2, 0) is 27.5 Å². The van der Waals surface area contributed by atoms with Crippen molar-refractivity contribution in [3.8, 4) is 0 Å². The highest BCUT2D eigenvalue weighted by molar-refractivity contribution is 7.89. The van der Waals surface area contributed by atoms with Gasteiger partial charge in [0.25, 0.3) is 0 Å². The molecule has 0 N–H and O–H groups in total. The van der Waals surface area contributed by atoms with Gasteiger partial charge < -0.3 is 9.47 Å². The summed E-state index contributed by atoms with van der Waals surface area (Å²) in [6, 6.07) is 6.46. The van der Waals surface area contributed by atoms with Crippen LogP contribution in [0.4, 0.5) is 13.2 Å². The number of rotatable bonds is 3. The van der Waals surface area contributed by atoms with Crippen molar-refractivity contribution in [3.05, 3.63) is 52.8 Å². The van der Waals surface area contributed by atoms with Crippen molar-refractivity contribution < 1.29 is 26.4 Å². The Bertz CT molecular complexity index is 1120. The van der Waals surface area contributed by atoms with Crippen LogP contribution in [0.15, 0.2) is 41.4 Å². The quantitative estimate of drug-likeness (QED) is 0.650. The normalized spacial score (nSPS) is 20.9. The molecule has 11 heteroatoms. The topological polar surface area (TPSA) is 62.6 Å². The summed E-state index contributed by atoms with van der Waals surface area (Å²) >= 11 is 5.61. The van der Waals surface area contributed by atoms with Crippen LogP contribution in [0.5, 0.6) is 0 Å². The van der Waals surface area contributed by atoms with E-state index in [4.69, 9.17) is 11.6 Å². The first-order valence-corrected chi connectivity index (χ1v) is 12.1. The van der Waals surface area contributed by atoms with E-state index in [1.807, 2.05) is 30.2 Å². The predicted octanol–water partition coefficient (Wildman–Crippen LogP) is 4.16. The van der Waals surface area contributed by atoms with Gasteiger partial charge in [0.15, 0.2) is 0 Å². The van der Waals surface area contributed by atoms with Crippen molar-refractivity contribution >= 4 is 27.5 Å². The zero-order valence-corrected chi connectivity index (χ0v) is 18.9. The number of hydrogen-bond acceptors (Lipinski definition) is 3. The van der Waals surface area contributed by atoms with Gasteiger partial charge >= 0.3 is 6.18 Å². The van der Waals surface area contributed by atoms with Gasteiger partial charge in [0.2, 0.25) is 15.9 Å².